The first-order valence-corrected chi connectivity index (χ1v) is 12.6. The molecule has 1 N–H and O–H groups in total. The van der Waals surface area contributed by atoms with Gasteiger partial charge in [0, 0.05) is 13.1 Å². The summed E-state index contributed by atoms with van der Waals surface area (Å²) in [5, 5.41) is 3.07. The van der Waals surface area contributed by atoms with Crippen LogP contribution in [-0.4, -0.2) is 40.0 Å². The molecule has 0 fully saturated rings. The third kappa shape index (κ3) is 4.89. The molecule has 3 heterocycles. The Bertz CT molecular complexity index is 1360. The monoisotopic (exact) mass is 497 g/mol. The second kappa shape index (κ2) is 10.4. The Kier molecular flexibility index (Phi) is 6.86. The van der Waals surface area contributed by atoms with E-state index in [9.17, 15) is 9.59 Å². The third-order valence-electron chi connectivity index (χ3n) is 6.92. The number of nitrogens with zero attached hydrogens (tertiary/aromatic N) is 2. The van der Waals surface area contributed by atoms with Crippen molar-refractivity contribution in [2.75, 3.05) is 13.2 Å². The number of rotatable bonds is 9. The quantitative estimate of drug-likeness (QED) is 0.356. The van der Waals surface area contributed by atoms with Gasteiger partial charge in [-0.3, -0.25) is 9.59 Å². The van der Waals surface area contributed by atoms with E-state index in [1.807, 2.05) is 97.3 Å². The van der Waals surface area contributed by atoms with Crippen LogP contribution in [0.1, 0.15) is 35.5 Å². The Morgan fingerprint density at radius 3 is 2.43 bits per heavy atom. The summed E-state index contributed by atoms with van der Waals surface area (Å²) < 4.78 is 13.1. The van der Waals surface area contributed by atoms with Crippen LogP contribution in [-0.2, 0) is 24.3 Å². The van der Waals surface area contributed by atoms with Crippen molar-refractivity contribution in [2.45, 2.75) is 38.9 Å². The second-order valence-corrected chi connectivity index (χ2v) is 9.39. The van der Waals surface area contributed by atoms with Gasteiger partial charge in [0.15, 0.2) is 0 Å². The van der Waals surface area contributed by atoms with Crippen LogP contribution in [0.15, 0.2) is 89.5 Å². The molecule has 7 nitrogen and oxygen atoms in total. The smallest absolute Gasteiger partial charge is 0.271 e. The Morgan fingerprint density at radius 1 is 0.973 bits per heavy atom. The van der Waals surface area contributed by atoms with Crippen molar-refractivity contribution in [2.24, 2.45) is 0 Å². The molecular weight excluding hydrogens is 466 g/mol. The molecule has 1 unspecified atom stereocenters. The average molecular weight is 498 g/mol. The minimum absolute atomic E-state index is 0.174. The van der Waals surface area contributed by atoms with E-state index in [0.717, 1.165) is 22.6 Å². The van der Waals surface area contributed by atoms with Crippen LogP contribution >= 0.6 is 0 Å². The van der Waals surface area contributed by atoms with E-state index in [4.69, 9.17) is 9.15 Å². The maximum Gasteiger partial charge on any atom is 0.271 e. The van der Waals surface area contributed by atoms with Gasteiger partial charge >= 0.3 is 0 Å². The number of hydrogen-bond donors (Lipinski definition) is 1. The fourth-order valence-electron chi connectivity index (χ4n) is 4.89. The minimum Gasteiger partial charge on any atom is -0.494 e. The molecular formula is C30H31N3O4. The van der Waals surface area contributed by atoms with Crippen LogP contribution in [0.5, 0.6) is 5.75 Å². The molecule has 0 saturated heterocycles. The first-order chi connectivity index (χ1) is 18.0. The van der Waals surface area contributed by atoms with E-state index in [1.54, 1.807) is 11.2 Å². The molecule has 2 aromatic carbocycles. The molecule has 1 atom stereocenters. The zero-order chi connectivity index (χ0) is 25.8. The minimum atomic E-state index is -1.09. The number of amides is 2. The lowest BCUT2D eigenvalue weighted by atomic mass is 9.93. The van der Waals surface area contributed by atoms with Crippen LogP contribution in [0.4, 0.5) is 0 Å². The van der Waals surface area contributed by atoms with Crippen LogP contribution < -0.4 is 10.1 Å². The van der Waals surface area contributed by atoms with E-state index >= 15 is 0 Å². The molecule has 0 saturated carbocycles. The molecule has 1 aliphatic heterocycles. The Labute approximate surface area is 216 Å². The predicted octanol–water partition coefficient (Wildman–Crippen LogP) is 4.92. The maximum atomic E-state index is 13.8. The molecule has 190 valence electrons. The zero-order valence-electron chi connectivity index (χ0n) is 21.1. The van der Waals surface area contributed by atoms with Crippen LogP contribution in [0.25, 0.3) is 11.5 Å². The van der Waals surface area contributed by atoms with E-state index in [1.165, 1.54) is 0 Å². The van der Waals surface area contributed by atoms with Crippen molar-refractivity contribution in [1.29, 1.82) is 0 Å². The number of carbonyl (C=O) groups is 2. The molecule has 4 aromatic rings. The number of ether oxygens (including phenoxy) is 1. The summed E-state index contributed by atoms with van der Waals surface area (Å²) in [5.74, 6) is 1.11. The Morgan fingerprint density at radius 2 is 1.73 bits per heavy atom. The van der Waals surface area contributed by atoms with Crippen molar-refractivity contribution in [3.05, 3.63) is 102 Å². The fraction of sp³-hybridized carbons (Fsp3) is 0.267. The summed E-state index contributed by atoms with van der Waals surface area (Å²) in [5.41, 5.74) is 2.30. The lowest BCUT2D eigenvalue weighted by molar-refractivity contribution is -0.133. The van der Waals surface area contributed by atoms with Gasteiger partial charge in [0.05, 0.1) is 25.1 Å². The summed E-state index contributed by atoms with van der Waals surface area (Å²) in [6, 6.07) is 25.0. The van der Waals surface area contributed by atoms with E-state index in [2.05, 4.69) is 5.32 Å². The first-order valence-electron chi connectivity index (χ1n) is 12.6. The first kappa shape index (κ1) is 24.4. The Hall–Kier alpha value is -4.26. The molecule has 37 heavy (non-hydrogen) atoms. The largest absolute Gasteiger partial charge is 0.494 e. The van der Waals surface area contributed by atoms with Gasteiger partial charge in [-0.1, -0.05) is 42.5 Å². The topological polar surface area (TPSA) is 76.7 Å². The van der Waals surface area contributed by atoms with Gasteiger partial charge in [-0.2, -0.15) is 0 Å². The molecule has 2 amide bonds. The van der Waals surface area contributed by atoms with Gasteiger partial charge in [0.1, 0.15) is 22.7 Å². The van der Waals surface area contributed by atoms with Crippen molar-refractivity contribution in [3.8, 4) is 17.2 Å². The highest BCUT2D eigenvalue weighted by Gasteiger charge is 2.47. The van der Waals surface area contributed by atoms with E-state index in [0.29, 0.717) is 44.1 Å². The van der Waals surface area contributed by atoms with Gasteiger partial charge < -0.3 is 23.9 Å². The summed E-state index contributed by atoms with van der Waals surface area (Å²) in [4.78, 5) is 29.3. The van der Waals surface area contributed by atoms with E-state index < -0.39 is 5.54 Å². The van der Waals surface area contributed by atoms with Crippen LogP contribution in [0.2, 0.25) is 0 Å². The molecule has 2 aromatic heterocycles. The molecule has 0 bridgehead atoms. The molecule has 0 spiro atoms. The van der Waals surface area contributed by atoms with Crippen molar-refractivity contribution >= 4 is 11.8 Å². The maximum absolute atomic E-state index is 13.8. The number of benzene rings is 2. The predicted molar refractivity (Wildman–Crippen MR) is 141 cm³/mol. The number of furan rings is 1. The van der Waals surface area contributed by atoms with Gasteiger partial charge in [0.25, 0.3) is 5.91 Å². The zero-order valence-corrected chi connectivity index (χ0v) is 21.1. The highest BCUT2D eigenvalue weighted by atomic mass is 16.5. The van der Waals surface area contributed by atoms with Gasteiger partial charge in [-0.15, -0.1) is 0 Å². The molecule has 0 radical (unpaired) electrons. The highest BCUT2D eigenvalue weighted by Crippen LogP contribution is 2.33. The molecule has 7 heteroatoms. The van der Waals surface area contributed by atoms with Gasteiger partial charge in [-0.25, -0.2) is 0 Å². The van der Waals surface area contributed by atoms with E-state index in [-0.39, 0.29) is 11.8 Å². The van der Waals surface area contributed by atoms with Crippen molar-refractivity contribution in [1.82, 2.24) is 14.8 Å². The third-order valence-corrected chi connectivity index (χ3v) is 6.92. The molecule has 1 aliphatic rings. The highest BCUT2D eigenvalue weighted by molar-refractivity contribution is 6.00. The second-order valence-electron chi connectivity index (χ2n) is 9.39. The number of nitrogens with one attached hydrogen (secondary N) is 1. The lowest BCUT2D eigenvalue weighted by Gasteiger charge is -2.44. The van der Waals surface area contributed by atoms with Crippen molar-refractivity contribution < 1.29 is 18.7 Å². The van der Waals surface area contributed by atoms with Crippen LogP contribution in [0.3, 0.4) is 0 Å². The summed E-state index contributed by atoms with van der Waals surface area (Å²) in [6.45, 7) is 5.52. The molecule has 0 aliphatic carbocycles. The van der Waals surface area contributed by atoms with Crippen molar-refractivity contribution in [3.63, 3.8) is 0 Å². The number of carbonyl (C=O) groups excluding carboxylic acids is 2. The normalized spacial score (nSPS) is 16.9. The summed E-state index contributed by atoms with van der Waals surface area (Å²) in [6.07, 6.45) is 2.22. The summed E-state index contributed by atoms with van der Waals surface area (Å²) in [7, 11) is 0. The fourth-order valence-corrected chi connectivity index (χ4v) is 4.89. The SMILES string of the molecule is CCOc1ccc(CCN2C(=O)c3ccc(-c4ccco4)n3CC2(C)C(=O)NCc2ccccc2)cc1. The Balaban J connectivity index is 1.43. The standard InChI is InChI=1S/C30H31N3O4/c1-3-36-24-13-11-22(12-14-24)17-18-33-28(34)26-16-15-25(27-10-7-19-37-27)32(26)21-30(33,2)29(35)31-20-23-8-5-4-6-9-23/h4-16,19H,3,17-18,20-21H2,1-2H3,(H,31,35). The summed E-state index contributed by atoms with van der Waals surface area (Å²) >= 11 is 0. The molecule has 5 rings (SSSR count). The number of fused-ring (bicyclic) bond motifs is 1. The number of hydrogen-bond acceptors (Lipinski definition) is 4. The average Bonchev–Trinajstić information content (AvgIpc) is 3.59. The lowest BCUT2D eigenvalue weighted by Crippen LogP contribution is -2.64. The van der Waals surface area contributed by atoms with Gasteiger partial charge in [-0.05, 0) is 67.8 Å². The number of aromatic nitrogens is 1. The van der Waals surface area contributed by atoms with Gasteiger partial charge in [0.2, 0.25) is 5.91 Å². The van der Waals surface area contributed by atoms with Crippen LogP contribution in [0, 0.1) is 0 Å².